The van der Waals surface area contributed by atoms with Gasteiger partial charge in [0.15, 0.2) is 11.5 Å². The van der Waals surface area contributed by atoms with Crippen molar-refractivity contribution in [2.24, 2.45) is 0 Å². The highest BCUT2D eigenvalue weighted by molar-refractivity contribution is 6.50. The van der Waals surface area contributed by atoms with Crippen molar-refractivity contribution in [2.75, 3.05) is 13.2 Å². The average Bonchev–Trinajstić information content (AvgIpc) is 2.62. The zero-order valence-electron chi connectivity index (χ0n) is 12.8. The Morgan fingerprint density at radius 1 is 1.16 bits per heavy atom. The molecule has 0 spiro atoms. The topological polar surface area (TPSA) is 61.6 Å². The van der Waals surface area contributed by atoms with Crippen LogP contribution in [0.4, 0.5) is 0 Å². The minimum absolute atomic E-state index is 0.0383. The van der Waals surface area contributed by atoms with Crippen molar-refractivity contribution in [2.45, 2.75) is 0 Å². The van der Waals surface area contributed by atoms with E-state index in [4.69, 9.17) is 37.1 Å². The number of halogens is 2. The van der Waals surface area contributed by atoms with Gasteiger partial charge in [-0.2, -0.15) is 0 Å². The quantitative estimate of drug-likeness (QED) is 0.666. The highest BCUT2D eigenvalue weighted by atomic mass is 35.5. The highest BCUT2D eigenvalue weighted by Crippen LogP contribution is 2.39. The molecule has 0 fully saturated rings. The van der Waals surface area contributed by atoms with E-state index in [1.165, 1.54) is 0 Å². The predicted octanol–water partition coefficient (Wildman–Crippen LogP) is 4.35. The summed E-state index contributed by atoms with van der Waals surface area (Å²) in [6, 6.07) is 10.3. The summed E-state index contributed by atoms with van der Waals surface area (Å²) in [4.78, 5) is 16.3. The van der Waals surface area contributed by atoms with E-state index in [9.17, 15) is 4.79 Å². The second-order valence-electron chi connectivity index (χ2n) is 5.34. The van der Waals surface area contributed by atoms with Crippen molar-refractivity contribution >= 4 is 45.2 Å². The third kappa shape index (κ3) is 3.08. The molecule has 0 amide bonds. The second kappa shape index (κ2) is 6.43. The van der Waals surface area contributed by atoms with Crippen LogP contribution in [0.5, 0.6) is 11.5 Å². The Kier molecular flexibility index (Phi) is 4.11. The number of ether oxygens (including phenoxy) is 2. The molecule has 1 aliphatic rings. The molecule has 0 saturated heterocycles. The number of hydrogen-bond donors (Lipinski definition) is 0. The molecule has 7 heteroatoms. The lowest BCUT2D eigenvalue weighted by molar-refractivity contribution is 0.171. The Balaban J connectivity index is 1.77. The molecule has 0 atom stereocenters. The van der Waals surface area contributed by atoms with Crippen LogP contribution in [0.15, 0.2) is 45.6 Å². The normalized spacial score (nSPS) is 13.9. The standard InChI is InChI=1S/C18H11Cl2NO4/c19-12-7-10(9-15-16(12)24-6-5-23-15)8-13(20)17-21-14-4-2-1-3-11(14)18(22)25-17/h1-4,7-9H,5-6H2/b13-8-. The van der Waals surface area contributed by atoms with E-state index < -0.39 is 5.63 Å². The van der Waals surface area contributed by atoms with Crippen LogP contribution < -0.4 is 15.1 Å². The van der Waals surface area contributed by atoms with Crippen LogP contribution in [0.25, 0.3) is 22.0 Å². The lowest BCUT2D eigenvalue weighted by atomic mass is 10.1. The first kappa shape index (κ1) is 16.0. The largest absolute Gasteiger partial charge is 0.486 e. The van der Waals surface area contributed by atoms with Gasteiger partial charge in [0.1, 0.15) is 18.2 Å². The number of rotatable bonds is 2. The first-order chi connectivity index (χ1) is 12.1. The lowest BCUT2D eigenvalue weighted by Gasteiger charge is -2.19. The molecule has 1 aliphatic heterocycles. The van der Waals surface area contributed by atoms with Crippen molar-refractivity contribution in [3.05, 3.63) is 63.3 Å². The summed E-state index contributed by atoms with van der Waals surface area (Å²) in [7, 11) is 0. The molecule has 0 aliphatic carbocycles. The van der Waals surface area contributed by atoms with Gasteiger partial charge in [-0.25, -0.2) is 9.78 Å². The number of fused-ring (bicyclic) bond motifs is 2. The van der Waals surface area contributed by atoms with Crippen LogP contribution in [-0.4, -0.2) is 18.2 Å². The molecule has 0 unspecified atom stereocenters. The van der Waals surface area contributed by atoms with Crippen LogP contribution in [0, 0.1) is 0 Å². The molecular formula is C18H11Cl2NO4. The molecule has 3 aromatic rings. The van der Waals surface area contributed by atoms with Crippen molar-refractivity contribution < 1.29 is 13.9 Å². The maximum atomic E-state index is 12.1. The summed E-state index contributed by atoms with van der Waals surface area (Å²) in [5, 5.41) is 0.995. The predicted molar refractivity (Wildman–Crippen MR) is 96.4 cm³/mol. The van der Waals surface area contributed by atoms with Crippen LogP contribution in [0.1, 0.15) is 11.5 Å². The van der Waals surface area contributed by atoms with Crippen LogP contribution in [-0.2, 0) is 0 Å². The van der Waals surface area contributed by atoms with Gasteiger partial charge in [0.05, 0.1) is 15.9 Å². The maximum absolute atomic E-state index is 12.1. The fourth-order valence-electron chi connectivity index (χ4n) is 2.54. The Hall–Kier alpha value is -2.50. The molecule has 126 valence electrons. The molecule has 2 aromatic carbocycles. The molecule has 0 bridgehead atoms. The monoisotopic (exact) mass is 375 g/mol. The van der Waals surface area contributed by atoms with E-state index in [1.54, 1.807) is 42.5 Å². The Bertz CT molecular complexity index is 1060. The highest BCUT2D eigenvalue weighted by Gasteiger charge is 2.17. The fraction of sp³-hybridized carbons (Fsp3) is 0.111. The minimum atomic E-state index is -0.493. The summed E-state index contributed by atoms with van der Waals surface area (Å²) in [6.45, 7) is 0.903. The van der Waals surface area contributed by atoms with Crippen LogP contribution >= 0.6 is 23.2 Å². The fourth-order valence-corrected chi connectivity index (χ4v) is 3.02. The Morgan fingerprint density at radius 2 is 1.96 bits per heavy atom. The summed E-state index contributed by atoms with van der Waals surface area (Å²) < 4.78 is 16.2. The second-order valence-corrected chi connectivity index (χ2v) is 6.16. The van der Waals surface area contributed by atoms with Gasteiger partial charge in [0.25, 0.3) is 0 Å². The number of aromatic nitrogens is 1. The Morgan fingerprint density at radius 3 is 2.84 bits per heavy atom. The smallest absolute Gasteiger partial charge is 0.347 e. The summed E-state index contributed by atoms with van der Waals surface area (Å²) in [5.41, 5.74) is 0.699. The zero-order chi connectivity index (χ0) is 17.4. The number of hydrogen-bond acceptors (Lipinski definition) is 5. The number of para-hydroxylation sites is 1. The molecular weight excluding hydrogens is 365 g/mol. The first-order valence-corrected chi connectivity index (χ1v) is 8.24. The van der Waals surface area contributed by atoms with Gasteiger partial charge in [-0.15, -0.1) is 0 Å². The molecule has 5 nitrogen and oxygen atoms in total. The zero-order valence-corrected chi connectivity index (χ0v) is 14.3. The third-order valence-corrected chi connectivity index (χ3v) is 4.20. The SMILES string of the molecule is O=c1oc(/C(Cl)=C/c2cc(Cl)c3c(c2)OCCO3)nc2ccccc12. The van der Waals surface area contributed by atoms with Crippen molar-refractivity contribution in [1.29, 1.82) is 0 Å². The van der Waals surface area contributed by atoms with Gasteiger partial charge in [0.2, 0.25) is 5.89 Å². The molecule has 0 radical (unpaired) electrons. The van der Waals surface area contributed by atoms with E-state index in [0.29, 0.717) is 46.2 Å². The van der Waals surface area contributed by atoms with E-state index in [0.717, 1.165) is 0 Å². The molecule has 25 heavy (non-hydrogen) atoms. The van der Waals surface area contributed by atoms with E-state index in [2.05, 4.69) is 4.98 Å². The Labute approximate surface area is 152 Å². The van der Waals surface area contributed by atoms with Gasteiger partial charge < -0.3 is 13.9 Å². The third-order valence-electron chi connectivity index (χ3n) is 3.65. The van der Waals surface area contributed by atoms with E-state index in [-0.39, 0.29) is 10.9 Å². The van der Waals surface area contributed by atoms with Gasteiger partial charge >= 0.3 is 5.63 Å². The molecule has 4 rings (SSSR count). The van der Waals surface area contributed by atoms with E-state index in [1.807, 2.05) is 0 Å². The van der Waals surface area contributed by atoms with Crippen molar-refractivity contribution in [3.8, 4) is 11.5 Å². The number of nitrogens with zero attached hydrogens (tertiary/aromatic N) is 1. The summed E-state index contributed by atoms with van der Waals surface area (Å²) >= 11 is 12.5. The molecule has 0 saturated carbocycles. The maximum Gasteiger partial charge on any atom is 0.347 e. The van der Waals surface area contributed by atoms with Crippen LogP contribution in [0.3, 0.4) is 0 Å². The molecule has 1 aromatic heterocycles. The lowest BCUT2D eigenvalue weighted by Crippen LogP contribution is -2.15. The molecule has 0 N–H and O–H groups in total. The number of benzene rings is 2. The van der Waals surface area contributed by atoms with Gasteiger partial charge in [-0.1, -0.05) is 35.3 Å². The van der Waals surface area contributed by atoms with Gasteiger partial charge in [-0.05, 0) is 35.9 Å². The average molecular weight is 376 g/mol. The summed E-state index contributed by atoms with van der Waals surface area (Å²) in [6.07, 6.45) is 1.60. The molecule has 2 heterocycles. The first-order valence-electron chi connectivity index (χ1n) is 7.48. The van der Waals surface area contributed by atoms with Crippen molar-refractivity contribution in [3.63, 3.8) is 0 Å². The van der Waals surface area contributed by atoms with Crippen molar-refractivity contribution in [1.82, 2.24) is 4.98 Å². The van der Waals surface area contributed by atoms with Gasteiger partial charge in [0, 0.05) is 0 Å². The summed E-state index contributed by atoms with van der Waals surface area (Å²) in [5.74, 6) is 1.09. The minimum Gasteiger partial charge on any atom is -0.486 e. The van der Waals surface area contributed by atoms with E-state index >= 15 is 0 Å². The van der Waals surface area contributed by atoms with Gasteiger partial charge in [-0.3, -0.25) is 0 Å². The van der Waals surface area contributed by atoms with Crippen LogP contribution in [0.2, 0.25) is 5.02 Å².